The fourth-order valence-electron chi connectivity index (χ4n) is 0.873. The molecule has 0 aliphatic carbocycles. The third-order valence-electron chi connectivity index (χ3n) is 1.81. The molecular weight excluding hydrogens is 210 g/mol. The van der Waals surface area contributed by atoms with Crippen molar-refractivity contribution < 1.29 is 15.0 Å². The molecule has 0 aliphatic heterocycles. The van der Waals surface area contributed by atoms with Gasteiger partial charge < -0.3 is 20.9 Å². The number of aromatic nitrogens is 2. The summed E-state index contributed by atoms with van der Waals surface area (Å²) in [7, 11) is 0. The van der Waals surface area contributed by atoms with E-state index in [1.54, 1.807) is 6.20 Å². The summed E-state index contributed by atoms with van der Waals surface area (Å²) in [4.78, 5) is 16.8. The van der Waals surface area contributed by atoms with Crippen molar-refractivity contribution in [1.82, 2.24) is 9.97 Å². The molecule has 0 aromatic carbocycles. The number of unbranched alkanes of at least 4 members (excludes halogenated alkanes) is 1. The standard InChI is InChI=1S/C6H9N3O2.C4H10O/c7-5(6(10)11)1-4-2-8-3-9-4;1-2-3-4-5/h2-3,5H,1,7H2,(H,8,9)(H,10,11);5H,2-4H2,1H3. The fraction of sp³-hybridized carbons (Fsp3) is 0.600. The third-order valence-corrected chi connectivity index (χ3v) is 1.81. The lowest BCUT2D eigenvalue weighted by Crippen LogP contribution is -2.32. The molecular formula is C10H19N3O3. The number of aromatic amines is 1. The number of aliphatic hydroxyl groups excluding tert-OH is 1. The molecule has 1 aromatic heterocycles. The number of carbonyl (C=O) groups is 1. The first-order valence-electron chi connectivity index (χ1n) is 5.18. The van der Waals surface area contributed by atoms with Crippen LogP contribution in [0.4, 0.5) is 0 Å². The van der Waals surface area contributed by atoms with Gasteiger partial charge in [-0.05, 0) is 6.42 Å². The summed E-state index contributed by atoms with van der Waals surface area (Å²) >= 11 is 0. The zero-order chi connectivity index (χ0) is 12.4. The number of imidazole rings is 1. The Kier molecular flexibility index (Phi) is 8.10. The Morgan fingerprint density at radius 2 is 2.38 bits per heavy atom. The number of rotatable bonds is 5. The molecule has 6 nitrogen and oxygen atoms in total. The molecule has 1 unspecified atom stereocenters. The highest BCUT2D eigenvalue weighted by molar-refractivity contribution is 5.73. The number of H-pyrrole nitrogens is 1. The summed E-state index contributed by atoms with van der Waals surface area (Å²) < 4.78 is 0. The lowest BCUT2D eigenvalue weighted by molar-refractivity contribution is -0.138. The van der Waals surface area contributed by atoms with Crippen LogP contribution in [-0.2, 0) is 11.2 Å². The first-order valence-corrected chi connectivity index (χ1v) is 5.18. The molecule has 0 bridgehead atoms. The molecule has 92 valence electrons. The van der Waals surface area contributed by atoms with Crippen molar-refractivity contribution in [2.45, 2.75) is 32.2 Å². The first-order chi connectivity index (χ1) is 7.61. The van der Waals surface area contributed by atoms with Gasteiger partial charge in [0, 0.05) is 19.2 Å². The Morgan fingerprint density at radius 1 is 1.69 bits per heavy atom. The summed E-state index contributed by atoms with van der Waals surface area (Å²) in [5.74, 6) is -1.01. The number of hydrogen-bond acceptors (Lipinski definition) is 4. The van der Waals surface area contributed by atoms with Crippen molar-refractivity contribution in [3.8, 4) is 0 Å². The van der Waals surface area contributed by atoms with Crippen LogP contribution in [0.15, 0.2) is 12.5 Å². The number of aliphatic carboxylic acids is 1. The van der Waals surface area contributed by atoms with E-state index in [0.29, 0.717) is 12.3 Å². The van der Waals surface area contributed by atoms with Gasteiger partial charge >= 0.3 is 5.97 Å². The van der Waals surface area contributed by atoms with Gasteiger partial charge in [0.25, 0.3) is 0 Å². The number of hydrogen-bond donors (Lipinski definition) is 4. The van der Waals surface area contributed by atoms with Crippen LogP contribution in [0.1, 0.15) is 25.5 Å². The largest absolute Gasteiger partial charge is 0.480 e. The van der Waals surface area contributed by atoms with Crippen LogP contribution in [0.5, 0.6) is 0 Å². The fourth-order valence-corrected chi connectivity index (χ4v) is 0.873. The lowest BCUT2D eigenvalue weighted by Gasteiger charge is -2.01. The Morgan fingerprint density at radius 3 is 2.69 bits per heavy atom. The van der Waals surface area contributed by atoms with Gasteiger partial charge in [-0.25, -0.2) is 4.98 Å². The van der Waals surface area contributed by atoms with E-state index in [2.05, 4.69) is 16.9 Å². The van der Waals surface area contributed by atoms with Crippen LogP contribution < -0.4 is 5.73 Å². The molecule has 0 aliphatic rings. The minimum Gasteiger partial charge on any atom is -0.480 e. The van der Waals surface area contributed by atoms with E-state index in [9.17, 15) is 4.79 Å². The minimum atomic E-state index is -1.01. The Labute approximate surface area is 94.5 Å². The molecule has 0 saturated carbocycles. The normalized spacial score (nSPS) is 11.4. The quantitative estimate of drug-likeness (QED) is 0.574. The molecule has 0 radical (unpaired) electrons. The van der Waals surface area contributed by atoms with Crippen LogP contribution in [0.3, 0.4) is 0 Å². The molecule has 6 heteroatoms. The van der Waals surface area contributed by atoms with E-state index in [0.717, 1.165) is 12.8 Å². The van der Waals surface area contributed by atoms with E-state index < -0.39 is 12.0 Å². The van der Waals surface area contributed by atoms with Crippen LogP contribution in [0, 0.1) is 0 Å². The molecule has 5 N–H and O–H groups in total. The molecule has 16 heavy (non-hydrogen) atoms. The molecule has 0 saturated heterocycles. The van der Waals surface area contributed by atoms with Crippen molar-refractivity contribution in [3.05, 3.63) is 18.2 Å². The van der Waals surface area contributed by atoms with Gasteiger partial charge in [0.15, 0.2) is 0 Å². The van der Waals surface area contributed by atoms with Crippen molar-refractivity contribution >= 4 is 5.97 Å². The van der Waals surface area contributed by atoms with Gasteiger partial charge in [-0.2, -0.15) is 0 Å². The molecule has 1 rings (SSSR count). The van der Waals surface area contributed by atoms with Gasteiger partial charge in [-0.15, -0.1) is 0 Å². The van der Waals surface area contributed by atoms with Crippen LogP contribution in [0.25, 0.3) is 0 Å². The SMILES string of the molecule is CCCCO.NC(Cc1c[nH]cn1)C(=O)O. The number of nitrogens with one attached hydrogen (secondary N) is 1. The van der Waals surface area contributed by atoms with Gasteiger partial charge in [-0.3, -0.25) is 4.79 Å². The zero-order valence-corrected chi connectivity index (χ0v) is 9.39. The zero-order valence-electron chi connectivity index (χ0n) is 9.39. The Bertz CT molecular complexity index is 273. The van der Waals surface area contributed by atoms with Crippen LogP contribution >= 0.6 is 0 Å². The molecule has 1 aromatic rings. The second-order valence-electron chi connectivity index (χ2n) is 3.29. The summed E-state index contributed by atoms with van der Waals surface area (Å²) in [6.07, 6.45) is 5.42. The van der Waals surface area contributed by atoms with Crippen molar-refractivity contribution in [1.29, 1.82) is 0 Å². The average molecular weight is 229 g/mol. The lowest BCUT2D eigenvalue weighted by atomic mass is 10.2. The van der Waals surface area contributed by atoms with E-state index in [4.69, 9.17) is 15.9 Å². The molecule has 0 spiro atoms. The van der Waals surface area contributed by atoms with Gasteiger partial charge in [0.2, 0.25) is 0 Å². The predicted molar refractivity (Wildman–Crippen MR) is 59.9 cm³/mol. The second-order valence-corrected chi connectivity index (χ2v) is 3.29. The number of aliphatic hydroxyl groups is 1. The van der Waals surface area contributed by atoms with Crippen molar-refractivity contribution in [2.24, 2.45) is 5.73 Å². The van der Waals surface area contributed by atoms with Gasteiger partial charge in [-0.1, -0.05) is 13.3 Å². The maximum atomic E-state index is 10.3. The van der Waals surface area contributed by atoms with Crippen molar-refractivity contribution in [3.63, 3.8) is 0 Å². The van der Waals surface area contributed by atoms with Crippen LogP contribution in [0.2, 0.25) is 0 Å². The number of nitrogens with two attached hydrogens (primary N) is 1. The van der Waals surface area contributed by atoms with E-state index in [1.165, 1.54) is 6.33 Å². The topological polar surface area (TPSA) is 112 Å². The van der Waals surface area contributed by atoms with E-state index in [1.807, 2.05) is 0 Å². The van der Waals surface area contributed by atoms with E-state index in [-0.39, 0.29) is 6.42 Å². The van der Waals surface area contributed by atoms with Gasteiger partial charge in [0.05, 0.1) is 12.0 Å². The molecule has 1 heterocycles. The summed E-state index contributed by atoms with van der Waals surface area (Å²) in [5, 5.41) is 16.5. The Balaban J connectivity index is 0.000000385. The number of nitrogens with zero attached hydrogens (tertiary/aromatic N) is 1. The highest BCUT2D eigenvalue weighted by atomic mass is 16.4. The smallest absolute Gasteiger partial charge is 0.320 e. The van der Waals surface area contributed by atoms with Crippen molar-refractivity contribution in [2.75, 3.05) is 6.61 Å². The summed E-state index contributed by atoms with van der Waals surface area (Å²) in [6, 6.07) is -0.863. The second kappa shape index (κ2) is 8.87. The maximum absolute atomic E-state index is 10.3. The molecule has 1 atom stereocenters. The number of carboxylic acids is 1. The number of carboxylic acid groups (broad SMARTS) is 1. The summed E-state index contributed by atoms with van der Waals surface area (Å²) in [6.45, 7) is 2.40. The average Bonchev–Trinajstić information content (AvgIpc) is 2.72. The molecule has 0 amide bonds. The van der Waals surface area contributed by atoms with Gasteiger partial charge in [0.1, 0.15) is 6.04 Å². The molecule has 0 fully saturated rings. The van der Waals surface area contributed by atoms with E-state index >= 15 is 0 Å². The highest BCUT2D eigenvalue weighted by Crippen LogP contribution is 1.95. The highest BCUT2D eigenvalue weighted by Gasteiger charge is 2.12. The predicted octanol–water partition coefficient (Wildman–Crippen LogP) is 0.143. The van der Waals surface area contributed by atoms with Crippen LogP contribution in [-0.4, -0.2) is 38.8 Å². The summed E-state index contributed by atoms with van der Waals surface area (Å²) in [5.41, 5.74) is 5.92. The third kappa shape index (κ3) is 6.97. The first kappa shape index (κ1) is 14.6. The minimum absolute atomic E-state index is 0.263. The maximum Gasteiger partial charge on any atom is 0.320 e. The Hall–Kier alpha value is -1.40. The monoisotopic (exact) mass is 229 g/mol.